The zero-order valence-corrected chi connectivity index (χ0v) is 6.77. The van der Waals surface area contributed by atoms with Crippen molar-refractivity contribution in [3.05, 3.63) is 18.7 Å². The Hall–Kier alpha value is -1.54. The minimum Gasteiger partial charge on any atom is -1.00 e. The van der Waals surface area contributed by atoms with Crippen molar-refractivity contribution in [2.24, 2.45) is 0 Å². The predicted molar refractivity (Wildman–Crippen MR) is 33.3 cm³/mol. The molecule has 0 aliphatic rings. The molecule has 0 spiro atoms. The summed E-state index contributed by atoms with van der Waals surface area (Å²) in [5.41, 5.74) is 0. The van der Waals surface area contributed by atoms with Crippen LogP contribution in [0.3, 0.4) is 0 Å². The van der Waals surface area contributed by atoms with Crippen molar-refractivity contribution in [3.8, 4) is 6.19 Å². The quantitative estimate of drug-likeness (QED) is 0.483. The number of carboxylic acids is 1. The van der Waals surface area contributed by atoms with Crippen LogP contribution in [0.5, 0.6) is 0 Å². The molecule has 0 saturated heterocycles. The molecule has 0 saturated carbocycles. The van der Waals surface area contributed by atoms with Crippen LogP contribution in [-0.2, 0) is 11.3 Å². The molecule has 5 nitrogen and oxygen atoms in total. The van der Waals surface area contributed by atoms with Gasteiger partial charge in [0.1, 0.15) is 12.4 Å². The summed E-state index contributed by atoms with van der Waals surface area (Å²) in [6.45, 7) is -0.116. The van der Waals surface area contributed by atoms with Gasteiger partial charge in [-0.15, -0.1) is 9.83 Å². The van der Waals surface area contributed by atoms with E-state index in [1.807, 2.05) is 6.19 Å². The fraction of sp³-hybridized carbons (Fsp3) is 0.167. The zero-order valence-electron chi connectivity index (χ0n) is 6.01. The Morgan fingerprint density at radius 3 is 2.83 bits per heavy atom. The highest BCUT2D eigenvalue weighted by molar-refractivity contribution is 5.64. The molecule has 1 heterocycles. The lowest BCUT2D eigenvalue weighted by Crippen LogP contribution is -3.00. The van der Waals surface area contributed by atoms with E-state index in [1.54, 1.807) is 0 Å². The lowest BCUT2D eigenvalue weighted by atomic mass is 10.6. The summed E-state index contributed by atoms with van der Waals surface area (Å²) in [4.78, 5) is 10.2. The van der Waals surface area contributed by atoms with Crippen molar-refractivity contribution >= 4 is 5.97 Å². The third-order valence-corrected chi connectivity index (χ3v) is 1.12. The summed E-state index contributed by atoms with van der Waals surface area (Å²) >= 11 is 0. The Bertz CT molecular complexity index is 315. The average molecular weight is 188 g/mol. The highest BCUT2D eigenvalue weighted by Gasteiger charge is 2.05. The van der Waals surface area contributed by atoms with E-state index in [1.165, 1.54) is 27.9 Å². The molecule has 0 atom stereocenters. The number of nitrogens with zero attached hydrogens (tertiary/aromatic N) is 3. The van der Waals surface area contributed by atoms with Gasteiger partial charge in [-0.3, -0.25) is 0 Å². The molecule has 1 aromatic rings. The van der Waals surface area contributed by atoms with Crippen LogP contribution in [0.25, 0.3) is 0 Å². The van der Waals surface area contributed by atoms with Gasteiger partial charge in [0.2, 0.25) is 0 Å². The van der Waals surface area contributed by atoms with E-state index in [0.717, 1.165) is 0 Å². The second-order valence-corrected chi connectivity index (χ2v) is 1.99. The smallest absolute Gasteiger partial charge is 0.346 e. The Labute approximate surface area is 74.9 Å². The number of rotatable bonds is 2. The fourth-order valence-corrected chi connectivity index (χ4v) is 0.703. The maximum atomic E-state index is 10.2. The largest absolute Gasteiger partial charge is 1.00 e. The molecule has 1 N–H and O–H groups in total. The van der Waals surface area contributed by atoms with Gasteiger partial charge >= 0.3 is 5.97 Å². The van der Waals surface area contributed by atoms with E-state index in [9.17, 15) is 4.79 Å². The molecule has 0 aromatic carbocycles. The van der Waals surface area contributed by atoms with Crippen LogP contribution < -0.4 is 17.0 Å². The molecule has 64 valence electrons. The summed E-state index contributed by atoms with van der Waals surface area (Å²) in [5.74, 6) is -0.925. The van der Waals surface area contributed by atoms with Crippen LogP contribution in [0, 0.1) is 11.5 Å². The van der Waals surface area contributed by atoms with Crippen molar-refractivity contribution in [1.82, 2.24) is 4.57 Å². The average Bonchev–Trinajstić information content (AvgIpc) is 2.34. The minimum absolute atomic E-state index is 0. The molecule has 0 bridgehead atoms. The number of aromatic nitrogens is 2. The second-order valence-electron chi connectivity index (χ2n) is 1.99. The normalized spacial score (nSPS) is 8.25. The first-order chi connectivity index (χ1) is 5.22. The number of carbonyl (C=O) groups is 1. The number of hydrogen-bond acceptors (Lipinski definition) is 2. The maximum Gasteiger partial charge on any atom is 0.346 e. The Morgan fingerprint density at radius 2 is 2.42 bits per heavy atom. The van der Waals surface area contributed by atoms with Crippen LogP contribution in [-0.4, -0.2) is 15.6 Å². The van der Waals surface area contributed by atoms with E-state index >= 15 is 0 Å². The van der Waals surface area contributed by atoms with Crippen LogP contribution in [0.2, 0.25) is 0 Å². The molecule has 0 aliphatic carbocycles. The van der Waals surface area contributed by atoms with Gasteiger partial charge in [-0.2, -0.15) is 0 Å². The second kappa shape index (κ2) is 4.36. The number of nitriles is 1. The third-order valence-electron chi connectivity index (χ3n) is 1.12. The molecule has 1 rings (SSSR count). The highest BCUT2D eigenvalue weighted by atomic mass is 35.5. The third kappa shape index (κ3) is 2.60. The lowest BCUT2D eigenvalue weighted by Gasteiger charge is -1.85. The molecule has 6 heteroatoms. The molecule has 0 amide bonds. The number of imidazole rings is 1. The van der Waals surface area contributed by atoms with Crippen LogP contribution in [0.4, 0.5) is 0 Å². The molecule has 0 radical (unpaired) electrons. The highest BCUT2D eigenvalue weighted by Crippen LogP contribution is 1.78. The van der Waals surface area contributed by atoms with Crippen LogP contribution in [0.1, 0.15) is 0 Å². The Balaban J connectivity index is 0.00000121. The zero-order chi connectivity index (χ0) is 8.27. The van der Waals surface area contributed by atoms with E-state index in [0.29, 0.717) is 0 Å². The van der Waals surface area contributed by atoms with Gasteiger partial charge in [-0.25, -0.2) is 9.36 Å². The summed E-state index contributed by atoms with van der Waals surface area (Å²) in [6.07, 6.45) is 6.25. The van der Waals surface area contributed by atoms with E-state index < -0.39 is 5.97 Å². The number of hydrogen-bond donors (Lipinski definition) is 1. The molecule has 1 aromatic heterocycles. The summed E-state index contributed by atoms with van der Waals surface area (Å²) < 4.78 is 2.63. The number of aliphatic carboxylic acids is 1. The number of carboxylic acid groups (broad SMARTS) is 1. The fourth-order valence-electron chi connectivity index (χ4n) is 0.703. The Kier molecular flexibility index (Phi) is 3.80. The first-order valence-corrected chi connectivity index (χ1v) is 2.91. The predicted octanol–water partition coefficient (Wildman–Crippen LogP) is -3.81. The van der Waals surface area contributed by atoms with Gasteiger partial charge in [0.05, 0.1) is 0 Å². The standard InChI is InChI=1S/C6H5N3O2.ClH/c7-4-9-2-1-8(5-9)3-6(10)11;/h1-2,5H,3H2;1H. The molecule has 0 fully saturated rings. The van der Waals surface area contributed by atoms with Gasteiger partial charge in [0, 0.05) is 0 Å². The van der Waals surface area contributed by atoms with Crippen molar-refractivity contribution in [2.45, 2.75) is 6.54 Å². The van der Waals surface area contributed by atoms with E-state index in [-0.39, 0.29) is 19.0 Å². The topological polar surface area (TPSA) is 69.9 Å². The Morgan fingerprint density at radius 1 is 1.75 bits per heavy atom. The van der Waals surface area contributed by atoms with Crippen molar-refractivity contribution < 1.29 is 26.9 Å². The van der Waals surface area contributed by atoms with Gasteiger partial charge < -0.3 is 17.5 Å². The monoisotopic (exact) mass is 187 g/mol. The maximum absolute atomic E-state index is 10.2. The summed E-state index contributed by atoms with van der Waals surface area (Å²) in [6, 6.07) is 0. The van der Waals surface area contributed by atoms with Gasteiger partial charge in [0.15, 0.2) is 6.54 Å². The number of halogens is 1. The van der Waals surface area contributed by atoms with Gasteiger partial charge in [0.25, 0.3) is 12.5 Å². The SMILES string of the molecule is N#Cn1cc[n+](CC(=O)O)c1.[Cl-]. The molecule has 12 heavy (non-hydrogen) atoms. The molecular formula is C6H6ClN3O2. The summed E-state index contributed by atoms with van der Waals surface area (Å²) in [5, 5.41) is 16.7. The van der Waals surface area contributed by atoms with Crippen molar-refractivity contribution in [3.63, 3.8) is 0 Å². The van der Waals surface area contributed by atoms with Gasteiger partial charge in [-0.05, 0) is 0 Å². The van der Waals surface area contributed by atoms with E-state index in [2.05, 4.69) is 0 Å². The first kappa shape index (κ1) is 10.5. The van der Waals surface area contributed by atoms with Gasteiger partial charge in [-0.1, -0.05) is 0 Å². The van der Waals surface area contributed by atoms with Crippen molar-refractivity contribution in [1.29, 1.82) is 5.26 Å². The van der Waals surface area contributed by atoms with Crippen LogP contribution in [0.15, 0.2) is 18.7 Å². The minimum atomic E-state index is -0.925. The molecular weight excluding hydrogens is 182 g/mol. The van der Waals surface area contributed by atoms with E-state index in [4.69, 9.17) is 10.4 Å². The molecule has 0 unspecified atom stereocenters. The van der Waals surface area contributed by atoms with Crippen LogP contribution >= 0.6 is 0 Å². The summed E-state index contributed by atoms with van der Waals surface area (Å²) in [7, 11) is 0. The first-order valence-electron chi connectivity index (χ1n) is 2.91. The molecule has 0 aliphatic heterocycles. The van der Waals surface area contributed by atoms with Crippen molar-refractivity contribution in [2.75, 3.05) is 0 Å². The lowest BCUT2D eigenvalue weighted by molar-refractivity contribution is -0.685.